The van der Waals surface area contributed by atoms with Gasteiger partial charge in [0.1, 0.15) is 11.6 Å². The Morgan fingerprint density at radius 1 is 1.09 bits per heavy atom. The molecule has 12 nitrogen and oxygen atoms in total. The summed E-state index contributed by atoms with van der Waals surface area (Å²) in [6.07, 6.45) is 4.97. The Kier molecular flexibility index (Phi) is 6.03. The van der Waals surface area contributed by atoms with Crippen molar-refractivity contribution in [1.29, 1.82) is 5.26 Å². The Balaban J connectivity index is 1.50. The fraction of sp³-hybridized carbons (Fsp3) is 0.0952. The number of aromatic nitrogens is 5. The molecule has 0 bridgehead atoms. The fourth-order valence-corrected chi connectivity index (χ4v) is 3.13. The molecule has 0 unspecified atom stereocenters. The number of aromatic amines is 1. The van der Waals surface area contributed by atoms with Crippen LogP contribution in [0.25, 0.3) is 22.6 Å². The number of nitrogens with two attached hydrogens (primary N) is 1. The maximum atomic E-state index is 10.8. The zero-order chi connectivity index (χ0) is 23.2. The van der Waals surface area contributed by atoms with Gasteiger partial charge in [0.15, 0.2) is 0 Å². The lowest BCUT2D eigenvalue weighted by molar-refractivity contribution is -0.384. The van der Waals surface area contributed by atoms with E-state index in [2.05, 4.69) is 41.6 Å². The maximum absolute atomic E-state index is 10.8. The number of nitrogens with zero attached hydrogens (tertiary/aromatic N) is 6. The van der Waals surface area contributed by atoms with E-state index in [1.54, 1.807) is 30.7 Å². The summed E-state index contributed by atoms with van der Waals surface area (Å²) in [7, 11) is 0. The first-order valence-electron chi connectivity index (χ1n) is 9.81. The molecule has 33 heavy (non-hydrogen) atoms. The van der Waals surface area contributed by atoms with Crippen LogP contribution in [-0.4, -0.2) is 42.9 Å². The van der Waals surface area contributed by atoms with Gasteiger partial charge in [-0.05, 0) is 12.1 Å². The van der Waals surface area contributed by atoms with Crippen LogP contribution in [0.4, 0.5) is 23.3 Å². The average Bonchev–Trinajstić information content (AvgIpc) is 3.36. The third kappa shape index (κ3) is 4.67. The molecule has 0 radical (unpaired) electrons. The second-order valence-corrected chi connectivity index (χ2v) is 6.76. The average molecular weight is 442 g/mol. The van der Waals surface area contributed by atoms with Gasteiger partial charge in [-0.1, -0.05) is 18.2 Å². The van der Waals surface area contributed by atoms with Crippen LogP contribution in [0.1, 0.15) is 5.56 Å². The zero-order valence-corrected chi connectivity index (χ0v) is 17.2. The molecule has 4 aromatic rings. The van der Waals surface area contributed by atoms with Crippen LogP contribution in [0.15, 0.2) is 55.0 Å². The molecule has 0 spiro atoms. The van der Waals surface area contributed by atoms with E-state index in [1.807, 2.05) is 12.1 Å². The second kappa shape index (κ2) is 9.40. The minimum atomic E-state index is -0.584. The van der Waals surface area contributed by atoms with Gasteiger partial charge in [0.2, 0.25) is 11.8 Å². The van der Waals surface area contributed by atoms with E-state index in [4.69, 9.17) is 5.73 Å². The van der Waals surface area contributed by atoms with Gasteiger partial charge in [-0.3, -0.25) is 10.1 Å². The molecule has 164 valence electrons. The van der Waals surface area contributed by atoms with Crippen molar-refractivity contribution >= 4 is 23.3 Å². The Morgan fingerprint density at radius 3 is 2.64 bits per heavy atom. The lowest BCUT2D eigenvalue weighted by Gasteiger charge is -2.12. The first kappa shape index (κ1) is 21.2. The van der Waals surface area contributed by atoms with Gasteiger partial charge in [0, 0.05) is 43.3 Å². The molecule has 3 aromatic heterocycles. The number of pyridine rings is 1. The highest BCUT2D eigenvalue weighted by molar-refractivity contribution is 5.80. The Bertz CT molecular complexity index is 1330. The molecule has 0 aliphatic carbocycles. The van der Waals surface area contributed by atoms with Crippen molar-refractivity contribution < 1.29 is 4.92 Å². The number of imidazole rings is 1. The molecule has 12 heteroatoms. The van der Waals surface area contributed by atoms with Crippen molar-refractivity contribution in [3.8, 4) is 28.7 Å². The van der Waals surface area contributed by atoms with Gasteiger partial charge in [0.05, 0.1) is 27.8 Å². The zero-order valence-electron chi connectivity index (χ0n) is 17.2. The summed E-state index contributed by atoms with van der Waals surface area (Å²) in [4.78, 5) is 30.5. The first-order valence-corrected chi connectivity index (χ1v) is 9.81. The number of hydrogen-bond donors (Lipinski definition) is 4. The minimum absolute atomic E-state index is 0.157. The summed E-state index contributed by atoms with van der Waals surface area (Å²) in [6.45, 7) is 0.857. The molecule has 0 fully saturated rings. The van der Waals surface area contributed by atoms with Gasteiger partial charge in [-0.25, -0.2) is 19.9 Å². The van der Waals surface area contributed by atoms with Crippen molar-refractivity contribution in [3.63, 3.8) is 0 Å². The monoisotopic (exact) mass is 442 g/mol. The van der Waals surface area contributed by atoms with Crippen LogP contribution in [0, 0.1) is 21.4 Å². The summed E-state index contributed by atoms with van der Waals surface area (Å²) in [5.41, 5.74) is 7.75. The standard InChI is InChI=1S/C21H18N10O2/c22-11-13-3-1-2-4-14(13)18-15(20-25-8-9-26-20)12-28-21(30-18)27-10-7-24-17-6-5-16(31(32)33)19(23)29-17/h1-6,8-9,12H,7,10H2,(H,25,26)(H3,23,24,29)(H,27,28,30). The number of nitrogens with one attached hydrogen (secondary N) is 3. The van der Waals surface area contributed by atoms with Crippen LogP contribution in [0.2, 0.25) is 0 Å². The van der Waals surface area contributed by atoms with Crippen molar-refractivity contribution in [2.45, 2.75) is 0 Å². The predicted molar refractivity (Wildman–Crippen MR) is 122 cm³/mol. The van der Waals surface area contributed by atoms with Gasteiger partial charge in [0.25, 0.3) is 0 Å². The number of H-pyrrole nitrogens is 1. The van der Waals surface area contributed by atoms with E-state index in [9.17, 15) is 15.4 Å². The second-order valence-electron chi connectivity index (χ2n) is 6.76. The van der Waals surface area contributed by atoms with Crippen LogP contribution in [0.5, 0.6) is 0 Å². The lowest BCUT2D eigenvalue weighted by Crippen LogP contribution is -2.16. The number of nitrogen functional groups attached to an aromatic ring is 1. The summed E-state index contributed by atoms with van der Waals surface area (Å²) in [6, 6.07) is 12.2. The first-order chi connectivity index (χ1) is 16.1. The van der Waals surface area contributed by atoms with Crippen molar-refractivity contribution in [2.75, 3.05) is 29.5 Å². The molecule has 4 rings (SSSR count). The molecule has 0 aliphatic heterocycles. The molecule has 0 aliphatic rings. The van der Waals surface area contributed by atoms with E-state index in [-0.39, 0.29) is 11.5 Å². The van der Waals surface area contributed by atoms with Crippen LogP contribution in [-0.2, 0) is 0 Å². The highest BCUT2D eigenvalue weighted by atomic mass is 16.6. The number of nitriles is 1. The van der Waals surface area contributed by atoms with Crippen molar-refractivity contribution in [2.24, 2.45) is 0 Å². The third-order valence-corrected chi connectivity index (χ3v) is 4.66. The van der Waals surface area contributed by atoms with Gasteiger partial charge in [-0.15, -0.1) is 0 Å². The highest BCUT2D eigenvalue weighted by Gasteiger charge is 2.16. The van der Waals surface area contributed by atoms with E-state index in [0.29, 0.717) is 53.1 Å². The molecule has 0 saturated heterocycles. The summed E-state index contributed by atoms with van der Waals surface area (Å²) in [5, 5.41) is 26.5. The van der Waals surface area contributed by atoms with Crippen LogP contribution in [0.3, 0.4) is 0 Å². The summed E-state index contributed by atoms with van der Waals surface area (Å²) in [5.74, 6) is 1.21. The number of benzene rings is 1. The van der Waals surface area contributed by atoms with Crippen molar-refractivity contribution in [1.82, 2.24) is 24.9 Å². The normalized spacial score (nSPS) is 10.4. The van der Waals surface area contributed by atoms with Gasteiger partial charge in [-0.2, -0.15) is 5.26 Å². The van der Waals surface area contributed by atoms with E-state index in [0.717, 1.165) is 0 Å². The SMILES string of the molecule is N#Cc1ccccc1-c1nc(NCCNc2ccc([N+](=O)[O-])c(N)n2)ncc1-c1ncc[nH]1. The van der Waals surface area contributed by atoms with E-state index >= 15 is 0 Å². The molecular formula is C21H18N10O2. The number of hydrogen-bond acceptors (Lipinski definition) is 10. The lowest BCUT2D eigenvalue weighted by atomic mass is 10.0. The molecule has 1 aromatic carbocycles. The minimum Gasteiger partial charge on any atom is -0.378 e. The van der Waals surface area contributed by atoms with E-state index in [1.165, 1.54) is 12.1 Å². The van der Waals surface area contributed by atoms with Gasteiger partial charge < -0.3 is 21.4 Å². The summed E-state index contributed by atoms with van der Waals surface area (Å²) >= 11 is 0. The topological polar surface area (TPSA) is 184 Å². The Morgan fingerprint density at radius 2 is 1.91 bits per heavy atom. The quantitative estimate of drug-likeness (QED) is 0.180. The third-order valence-electron chi connectivity index (χ3n) is 4.66. The Hall–Kier alpha value is -5.05. The number of anilines is 3. The summed E-state index contributed by atoms with van der Waals surface area (Å²) < 4.78 is 0. The predicted octanol–water partition coefficient (Wildman–Crippen LogP) is 2.81. The molecular weight excluding hydrogens is 424 g/mol. The van der Waals surface area contributed by atoms with Crippen LogP contribution >= 0.6 is 0 Å². The maximum Gasteiger partial charge on any atom is 0.311 e. The Labute approximate surface area is 187 Å². The van der Waals surface area contributed by atoms with Crippen LogP contribution < -0.4 is 16.4 Å². The fourth-order valence-electron chi connectivity index (χ4n) is 3.13. The number of nitro groups is 1. The highest BCUT2D eigenvalue weighted by Crippen LogP contribution is 2.31. The van der Waals surface area contributed by atoms with E-state index < -0.39 is 4.92 Å². The largest absolute Gasteiger partial charge is 0.378 e. The molecule has 0 amide bonds. The molecule has 0 saturated carbocycles. The molecule has 5 N–H and O–H groups in total. The molecule has 0 atom stereocenters. The molecule has 3 heterocycles. The number of rotatable bonds is 8. The van der Waals surface area contributed by atoms with Gasteiger partial charge >= 0.3 is 5.69 Å². The van der Waals surface area contributed by atoms with Crippen molar-refractivity contribution in [3.05, 3.63) is 70.7 Å². The smallest absolute Gasteiger partial charge is 0.311 e.